The van der Waals surface area contributed by atoms with Crippen molar-refractivity contribution in [3.05, 3.63) is 41.0 Å². The van der Waals surface area contributed by atoms with Crippen LogP contribution in [-0.2, 0) is 15.6 Å². The molecule has 1 aromatic heterocycles. The molecule has 2 rings (SSSR count). The van der Waals surface area contributed by atoms with Gasteiger partial charge < -0.3 is 0 Å². The molecule has 102 valence electrons. The van der Waals surface area contributed by atoms with Crippen LogP contribution in [-0.4, -0.2) is 18.1 Å². The molecular weight excluding hydrogens is 282 g/mol. The maximum absolute atomic E-state index is 12.2. The molecule has 0 amide bonds. The Labute approximate surface area is 118 Å². The molecule has 0 saturated carbocycles. The van der Waals surface area contributed by atoms with Crippen LogP contribution in [0.2, 0.25) is 5.15 Å². The molecule has 0 N–H and O–H groups in total. The van der Waals surface area contributed by atoms with Crippen LogP contribution in [0.3, 0.4) is 0 Å². The van der Waals surface area contributed by atoms with E-state index in [0.29, 0.717) is 5.56 Å². The minimum absolute atomic E-state index is 0.0901. The average molecular weight is 298 g/mol. The van der Waals surface area contributed by atoms with Crippen LogP contribution in [0.15, 0.2) is 30.3 Å². The largest absolute Gasteiger partial charge is 0.236 e. The lowest BCUT2D eigenvalue weighted by atomic mass is 10.2. The second-order valence-electron chi connectivity index (χ2n) is 5.50. The van der Waals surface area contributed by atoms with E-state index in [0.717, 1.165) is 10.9 Å². The summed E-state index contributed by atoms with van der Waals surface area (Å²) < 4.78 is 23.6. The van der Waals surface area contributed by atoms with Gasteiger partial charge in [0.15, 0.2) is 9.84 Å². The molecule has 1 aromatic carbocycles. The number of pyridine rings is 1. The molecule has 0 spiro atoms. The molecule has 0 radical (unpaired) electrons. The number of sulfone groups is 1. The minimum Gasteiger partial charge on any atom is -0.236 e. The normalized spacial score (nSPS) is 12.8. The molecular formula is C14H16ClNO2S. The summed E-state index contributed by atoms with van der Waals surface area (Å²) in [4.78, 5) is 4.24. The highest BCUT2D eigenvalue weighted by Crippen LogP contribution is 2.26. The third kappa shape index (κ3) is 2.90. The molecule has 0 bridgehead atoms. The molecule has 2 aromatic rings. The molecule has 0 fully saturated rings. The van der Waals surface area contributed by atoms with Crippen LogP contribution in [0.5, 0.6) is 0 Å². The molecule has 0 aliphatic heterocycles. The van der Waals surface area contributed by atoms with E-state index in [1.54, 1.807) is 26.8 Å². The van der Waals surface area contributed by atoms with Crippen LogP contribution >= 0.6 is 11.6 Å². The van der Waals surface area contributed by atoms with Gasteiger partial charge in [-0.2, -0.15) is 0 Å². The topological polar surface area (TPSA) is 47.0 Å². The summed E-state index contributed by atoms with van der Waals surface area (Å²) in [6.07, 6.45) is 0. The quantitative estimate of drug-likeness (QED) is 0.796. The zero-order valence-corrected chi connectivity index (χ0v) is 12.7. The van der Waals surface area contributed by atoms with Crippen molar-refractivity contribution in [2.75, 3.05) is 0 Å². The number of rotatable bonds is 2. The number of hydrogen-bond donors (Lipinski definition) is 0. The lowest BCUT2D eigenvalue weighted by molar-refractivity contribution is 0.559. The van der Waals surface area contributed by atoms with Gasteiger partial charge in [0.25, 0.3) is 0 Å². The maximum atomic E-state index is 12.2. The average Bonchev–Trinajstić information content (AvgIpc) is 2.28. The van der Waals surface area contributed by atoms with E-state index in [4.69, 9.17) is 11.6 Å². The van der Waals surface area contributed by atoms with Gasteiger partial charge in [-0.15, -0.1) is 0 Å². The minimum atomic E-state index is -3.27. The van der Waals surface area contributed by atoms with Crippen molar-refractivity contribution < 1.29 is 8.42 Å². The predicted molar refractivity (Wildman–Crippen MR) is 79.1 cm³/mol. The highest BCUT2D eigenvalue weighted by Gasteiger charge is 2.29. The van der Waals surface area contributed by atoms with Gasteiger partial charge in [0.2, 0.25) is 0 Å². The molecule has 0 unspecified atom stereocenters. The Morgan fingerprint density at radius 2 is 1.84 bits per heavy atom. The fourth-order valence-corrected chi connectivity index (χ4v) is 3.01. The number of fused-ring (bicyclic) bond motifs is 1. The van der Waals surface area contributed by atoms with Crippen molar-refractivity contribution in [2.45, 2.75) is 31.3 Å². The van der Waals surface area contributed by atoms with Crippen molar-refractivity contribution in [1.29, 1.82) is 0 Å². The zero-order chi connectivity index (χ0) is 14.3. The SMILES string of the molecule is CC(C)(C)S(=O)(=O)Cc1cc2ccccc2nc1Cl. The lowest BCUT2D eigenvalue weighted by Gasteiger charge is -2.19. The van der Waals surface area contributed by atoms with E-state index >= 15 is 0 Å². The van der Waals surface area contributed by atoms with Crippen LogP contribution in [0.4, 0.5) is 0 Å². The number of halogens is 1. The van der Waals surface area contributed by atoms with E-state index in [1.165, 1.54) is 0 Å². The Bertz CT molecular complexity index is 718. The van der Waals surface area contributed by atoms with Gasteiger partial charge in [0.05, 0.1) is 16.0 Å². The van der Waals surface area contributed by atoms with Crippen LogP contribution in [0.1, 0.15) is 26.3 Å². The van der Waals surface area contributed by atoms with Gasteiger partial charge in [-0.25, -0.2) is 13.4 Å². The number of nitrogens with zero attached hydrogens (tertiary/aromatic N) is 1. The second-order valence-corrected chi connectivity index (χ2v) is 8.60. The standard InChI is InChI=1S/C14H16ClNO2S/c1-14(2,3)19(17,18)9-11-8-10-6-4-5-7-12(10)16-13(11)15/h4-8H,9H2,1-3H3. The van der Waals surface area contributed by atoms with E-state index < -0.39 is 14.6 Å². The monoisotopic (exact) mass is 297 g/mol. The first-order chi connectivity index (χ1) is 8.71. The number of aromatic nitrogens is 1. The van der Waals surface area contributed by atoms with E-state index in [-0.39, 0.29) is 10.9 Å². The fourth-order valence-electron chi connectivity index (χ4n) is 1.66. The van der Waals surface area contributed by atoms with Crippen LogP contribution in [0.25, 0.3) is 10.9 Å². The summed E-state index contributed by atoms with van der Waals surface area (Å²) in [6.45, 7) is 5.06. The Kier molecular flexibility index (Phi) is 3.58. The smallest absolute Gasteiger partial charge is 0.159 e. The summed E-state index contributed by atoms with van der Waals surface area (Å²) in [5, 5.41) is 1.15. The fraction of sp³-hybridized carbons (Fsp3) is 0.357. The van der Waals surface area contributed by atoms with E-state index in [9.17, 15) is 8.42 Å². The van der Waals surface area contributed by atoms with Crippen molar-refractivity contribution in [3.8, 4) is 0 Å². The first-order valence-electron chi connectivity index (χ1n) is 5.97. The van der Waals surface area contributed by atoms with Crippen molar-refractivity contribution in [2.24, 2.45) is 0 Å². The van der Waals surface area contributed by atoms with Crippen molar-refractivity contribution in [1.82, 2.24) is 4.98 Å². The van der Waals surface area contributed by atoms with E-state index in [2.05, 4.69) is 4.98 Å². The summed E-state index contributed by atoms with van der Waals surface area (Å²) in [6, 6.07) is 9.31. The van der Waals surface area contributed by atoms with Crippen LogP contribution in [0, 0.1) is 0 Å². The van der Waals surface area contributed by atoms with Gasteiger partial charge in [-0.3, -0.25) is 0 Å². The molecule has 0 atom stereocenters. The lowest BCUT2D eigenvalue weighted by Crippen LogP contribution is -2.29. The Morgan fingerprint density at radius 1 is 1.21 bits per heavy atom. The summed E-state index contributed by atoms with van der Waals surface area (Å²) in [5.41, 5.74) is 1.32. The summed E-state index contributed by atoms with van der Waals surface area (Å²) >= 11 is 6.08. The molecule has 0 aliphatic carbocycles. The van der Waals surface area contributed by atoms with E-state index in [1.807, 2.05) is 24.3 Å². The van der Waals surface area contributed by atoms with Crippen LogP contribution < -0.4 is 0 Å². The molecule has 0 saturated heterocycles. The van der Waals surface area contributed by atoms with Gasteiger partial charge in [0.1, 0.15) is 5.15 Å². The molecule has 3 nitrogen and oxygen atoms in total. The predicted octanol–water partition coefficient (Wildman–Crippen LogP) is 3.60. The molecule has 1 heterocycles. The maximum Gasteiger partial charge on any atom is 0.159 e. The van der Waals surface area contributed by atoms with Gasteiger partial charge in [0, 0.05) is 10.9 Å². The summed E-state index contributed by atoms with van der Waals surface area (Å²) in [7, 11) is -3.27. The highest BCUT2D eigenvalue weighted by atomic mass is 35.5. The van der Waals surface area contributed by atoms with Gasteiger partial charge in [-0.1, -0.05) is 29.8 Å². The first kappa shape index (κ1) is 14.3. The first-order valence-corrected chi connectivity index (χ1v) is 8.00. The van der Waals surface area contributed by atoms with Gasteiger partial charge >= 0.3 is 0 Å². The van der Waals surface area contributed by atoms with Crippen molar-refractivity contribution >= 4 is 32.3 Å². The summed E-state index contributed by atoms with van der Waals surface area (Å²) in [5.74, 6) is -0.0901. The number of hydrogen-bond acceptors (Lipinski definition) is 3. The Morgan fingerprint density at radius 3 is 2.47 bits per heavy atom. The molecule has 0 aliphatic rings. The number of para-hydroxylation sites is 1. The highest BCUT2D eigenvalue weighted by molar-refractivity contribution is 7.91. The second kappa shape index (κ2) is 4.76. The third-order valence-electron chi connectivity index (χ3n) is 3.03. The molecule has 5 heteroatoms. The number of benzene rings is 1. The Hall–Kier alpha value is -1.13. The van der Waals surface area contributed by atoms with Gasteiger partial charge in [-0.05, 0) is 32.9 Å². The zero-order valence-electron chi connectivity index (χ0n) is 11.1. The van der Waals surface area contributed by atoms with Crippen molar-refractivity contribution in [3.63, 3.8) is 0 Å². The molecule has 19 heavy (non-hydrogen) atoms. The Balaban J connectivity index is 2.50. The third-order valence-corrected chi connectivity index (χ3v) is 5.91.